The number of imidazole rings is 1. The predicted molar refractivity (Wildman–Crippen MR) is 72.1 cm³/mol. The van der Waals surface area contributed by atoms with E-state index in [1.54, 1.807) is 24.7 Å². The van der Waals surface area contributed by atoms with Crippen molar-refractivity contribution in [1.82, 2.24) is 9.55 Å². The lowest BCUT2D eigenvalue weighted by Crippen LogP contribution is -2.09. The number of hydrogen-bond acceptors (Lipinski definition) is 3. The molecule has 18 heavy (non-hydrogen) atoms. The smallest absolute Gasteiger partial charge is 0.142 e. The van der Waals surface area contributed by atoms with Crippen molar-refractivity contribution in [3.05, 3.63) is 46.5 Å². The molecule has 0 unspecified atom stereocenters. The first-order chi connectivity index (χ1) is 8.70. The van der Waals surface area contributed by atoms with Crippen molar-refractivity contribution in [2.75, 3.05) is 6.61 Å². The Bertz CT molecular complexity index is 514. The van der Waals surface area contributed by atoms with Gasteiger partial charge in [-0.25, -0.2) is 4.98 Å². The number of nitrogens with two attached hydrogens (primary N) is 1. The Kier molecular flexibility index (Phi) is 4.47. The second-order valence-corrected chi connectivity index (χ2v) is 4.57. The number of nitrogens with zero attached hydrogens (tertiary/aromatic N) is 2. The quantitative estimate of drug-likeness (QED) is 0.919. The number of hydrogen-bond donors (Lipinski definition) is 1. The van der Waals surface area contributed by atoms with Gasteiger partial charge in [0, 0.05) is 29.5 Å². The molecule has 0 saturated carbocycles. The number of benzene rings is 1. The lowest BCUT2D eigenvalue weighted by atomic mass is 10.2. The Morgan fingerprint density at radius 1 is 1.33 bits per heavy atom. The van der Waals surface area contributed by atoms with Gasteiger partial charge in [0.25, 0.3) is 0 Å². The lowest BCUT2D eigenvalue weighted by Gasteiger charge is -2.13. The summed E-state index contributed by atoms with van der Waals surface area (Å²) in [5.74, 6) is 0.601. The average Bonchev–Trinajstić information content (AvgIpc) is 2.84. The van der Waals surface area contributed by atoms with Gasteiger partial charge in [-0.15, -0.1) is 0 Å². The SMILES string of the molecule is NCc1cc(Cl)cc(Cl)c1OCCn1ccnc1. The van der Waals surface area contributed by atoms with Gasteiger partial charge in [-0.1, -0.05) is 23.2 Å². The summed E-state index contributed by atoms with van der Waals surface area (Å²) in [5, 5.41) is 1.04. The van der Waals surface area contributed by atoms with Crippen LogP contribution in [0.3, 0.4) is 0 Å². The van der Waals surface area contributed by atoms with Crippen molar-refractivity contribution in [3.63, 3.8) is 0 Å². The Morgan fingerprint density at radius 3 is 2.83 bits per heavy atom. The van der Waals surface area contributed by atoms with Gasteiger partial charge in [0.05, 0.1) is 17.9 Å². The highest BCUT2D eigenvalue weighted by atomic mass is 35.5. The minimum atomic E-state index is 0.334. The van der Waals surface area contributed by atoms with E-state index in [0.29, 0.717) is 35.5 Å². The minimum absolute atomic E-state index is 0.334. The monoisotopic (exact) mass is 285 g/mol. The maximum Gasteiger partial charge on any atom is 0.142 e. The number of aromatic nitrogens is 2. The highest BCUT2D eigenvalue weighted by Gasteiger charge is 2.09. The first-order valence-corrected chi connectivity index (χ1v) is 6.23. The van der Waals surface area contributed by atoms with Gasteiger partial charge in [-0.05, 0) is 12.1 Å². The third kappa shape index (κ3) is 3.16. The summed E-state index contributed by atoms with van der Waals surface area (Å²) in [6.07, 6.45) is 5.33. The van der Waals surface area contributed by atoms with E-state index in [0.717, 1.165) is 5.56 Å². The molecule has 2 aromatic rings. The molecule has 1 heterocycles. The fraction of sp³-hybridized carbons (Fsp3) is 0.250. The molecule has 2 N–H and O–H groups in total. The van der Waals surface area contributed by atoms with Gasteiger partial charge in [0.2, 0.25) is 0 Å². The van der Waals surface area contributed by atoms with Crippen LogP contribution in [0.1, 0.15) is 5.56 Å². The summed E-state index contributed by atoms with van der Waals surface area (Å²) in [5.41, 5.74) is 6.45. The predicted octanol–water partition coefficient (Wildman–Crippen LogP) is 2.73. The third-order valence-corrected chi connectivity index (χ3v) is 2.96. The van der Waals surface area contributed by atoms with E-state index in [2.05, 4.69) is 4.98 Å². The van der Waals surface area contributed by atoms with Crippen LogP contribution < -0.4 is 10.5 Å². The van der Waals surface area contributed by atoms with E-state index in [1.165, 1.54) is 0 Å². The summed E-state index contributed by atoms with van der Waals surface area (Å²) in [6.45, 7) is 1.52. The molecule has 1 aromatic heterocycles. The molecule has 2 rings (SSSR count). The molecular formula is C12H13Cl2N3O. The zero-order chi connectivity index (χ0) is 13.0. The van der Waals surface area contributed by atoms with Crippen LogP contribution in [0.25, 0.3) is 0 Å². The topological polar surface area (TPSA) is 53.1 Å². The normalized spacial score (nSPS) is 10.6. The molecule has 96 valence electrons. The molecule has 1 aromatic carbocycles. The molecule has 0 bridgehead atoms. The van der Waals surface area contributed by atoms with Crippen LogP contribution in [-0.4, -0.2) is 16.2 Å². The van der Waals surface area contributed by atoms with E-state index in [-0.39, 0.29) is 0 Å². The molecule has 0 radical (unpaired) electrons. The van der Waals surface area contributed by atoms with E-state index in [9.17, 15) is 0 Å². The van der Waals surface area contributed by atoms with Crippen LogP contribution in [0.15, 0.2) is 30.9 Å². The largest absolute Gasteiger partial charge is 0.490 e. The van der Waals surface area contributed by atoms with Crippen LogP contribution in [0.4, 0.5) is 0 Å². The summed E-state index contributed by atoms with van der Waals surface area (Å²) in [6, 6.07) is 3.41. The van der Waals surface area contributed by atoms with Crippen molar-refractivity contribution in [3.8, 4) is 5.75 Å². The minimum Gasteiger partial charge on any atom is -0.490 e. The molecule has 0 atom stereocenters. The molecule has 6 heteroatoms. The first kappa shape index (κ1) is 13.2. The molecular weight excluding hydrogens is 273 g/mol. The number of halogens is 2. The molecule has 4 nitrogen and oxygen atoms in total. The zero-order valence-electron chi connectivity index (χ0n) is 9.64. The standard InChI is InChI=1S/C12H13Cl2N3O/c13-10-5-9(7-15)12(11(14)6-10)18-4-3-17-2-1-16-8-17/h1-2,5-6,8H,3-4,7,15H2. The fourth-order valence-corrected chi connectivity index (χ4v) is 2.19. The summed E-state index contributed by atoms with van der Waals surface area (Å²) < 4.78 is 7.59. The molecule has 0 aliphatic heterocycles. The third-order valence-electron chi connectivity index (χ3n) is 2.46. The summed E-state index contributed by atoms with van der Waals surface area (Å²) in [4.78, 5) is 3.95. The van der Waals surface area contributed by atoms with E-state index in [1.807, 2.05) is 10.8 Å². The van der Waals surface area contributed by atoms with Crippen molar-refractivity contribution in [1.29, 1.82) is 0 Å². The molecule has 0 saturated heterocycles. The maximum atomic E-state index is 6.09. The Labute approximate surface area is 115 Å². The number of rotatable bonds is 5. The Hall–Kier alpha value is -1.23. The van der Waals surface area contributed by atoms with Crippen LogP contribution >= 0.6 is 23.2 Å². The van der Waals surface area contributed by atoms with Gasteiger partial charge in [-0.3, -0.25) is 0 Å². The maximum absolute atomic E-state index is 6.09. The van der Waals surface area contributed by atoms with Crippen molar-refractivity contribution in [2.24, 2.45) is 5.73 Å². The highest BCUT2D eigenvalue weighted by Crippen LogP contribution is 2.32. The summed E-state index contributed by atoms with van der Waals surface area (Å²) in [7, 11) is 0. The van der Waals surface area contributed by atoms with Crippen molar-refractivity contribution >= 4 is 23.2 Å². The van der Waals surface area contributed by atoms with Crippen LogP contribution in [0.2, 0.25) is 10.0 Å². The number of ether oxygens (including phenoxy) is 1. The fourth-order valence-electron chi connectivity index (χ4n) is 1.60. The molecule has 0 spiro atoms. The zero-order valence-corrected chi connectivity index (χ0v) is 11.2. The van der Waals surface area contributed by atoms with Gasteiger partial charge in [0.15, 0.2) is 0 Å². The Balaban J connectivity index is 2.04. The van der Waals surface area contributed by atoms with E-state index in [4.69, 9.17) is 33.7 Å². The average molecular weight is 286 g/mol. The van der Waals surface area contributed by atoms with Crippen molar-refractivity contribution in [2.45, 2.75) is 13.1 Å². The van der Waals surface area contributed by atoms with Crippen LogP contribution in [-0.2, 0) is 13.1 Å². The first-order valence-electron chi connectivity index (χ1n) is 5.47. The van der Waals surface area contributed by atoms with Gasteiger partial charge < -0.3 is 15.0 Å². The van der Waals surface area contributed by atoms with Gasteiger partial charge in [-0.2, -0.15) is 0 Å². The second kappa shape index (κ2) is 6.09. The highest BCUT2D eigenvalue weighted by molar-refractivity contribution is 6.35. The van der Waals surface area contributed by atoms with Crippen LogP contribution in [0.5, 0.6) is 5.75 Å². The lowest BCUT2D eigenvalue weighted by molar-refractivity contribution is 0.295. The molecule has 0 aliphatic rings. The van der Waals surface area contributed by atoms with E-state index >= 15 is 0 Å². The van der Waals surface area contributed by atoms with E-state index < -0.39 is 0 Å². The molecule has 0 fully saturated rings. The summed E-state index contributed by atoms with van der Waals surface area (Å²) >= 11 is 12.0. The Morgan fingerprint density at radius 2 is 2.17 bits per heavy atom. The van der Waals surface area contributed by atoms with Crippen molar-refractivity contribution < 1.29 is 4.74 Å². The van der Waals surface area contributed by atoms with Crippen LogP contribution in [0, 0.1) is 0 Å². The van der Waals surface area contributed by atoms with Gasteiger partial charge in [0.1, 0.15) is 12.4 Å². The molecule has 0 aliphatic carbocycles. The van der Waals surface area contributed by atoms with Gasteiger partial charge >= 0.3 is 0 Å². The molecule has 0 amide bonds. The second-order valence-electron chi connectivity index (χ2n) is 3.73.